The van der Waals surface area contributed by atoms with Gasteiger partial charge in [0, 0.05) is 16.8 Å². The summed E-state index contributed by atoms with van der Waals surface area (Å²) in [7, 11) is 0. The summed E-state index contributed by atoms with van der Waals surface area (Å²) in [5, 5.41) is 8.91. The summed E-state index contributed by atoms with van der Waals surface area (Å²) in [6.07, 6.45) is 0. The van der Waals surface area contributed by atoms with Gasteiger partial charge in [-0.3, -0.25) is 9.59 Å². The highest BCUT2D eigenvalue weighted by Gasteiger charge is 2.24. The predicted molar refractivity (Wildman–Crippen MR) is 134 cm³/mol. The normalized spacial score (nSPS) is 11.0. The fourth-order valence-corrected chi connectivity index (χ4v) is 3.34. The van der Waals surface area contributed by atoms with Crippen molar-refractivity contribution in [2.75, 3.05) is 10.6 Å². The van der Waals surface area contributed by atoms with Crippen molar-refractivity contribution in [3.05, 3.63) is 96.1 Å². The molecule has 3 rings (SSSR count). The standard InChI is InChI=1S/C26H27N3O2S/c1-26(2,3)24(31)27-20-15-10-16-21(17-20)28-25(32)29-23(30)22(18-11-6-4-7-12-18)19-13-8-5-9-14-19/h4-17,22H,1-3H3,(H,27,31)(H2,28,29,30,32). The third-order valence-electron chi connectivity index (χ3n) is 4.82. The minimum atomic E-state index is -0.503. The molecule has 5 nitrogen and oxygen atoms in total. The lowest BCUT2D eigenvalue weighted by Crippen LogP contribution is -2.37. The molecule has 0 aliphatic heterocycles. The first-order valence-corrected chi connectivity index (χ1v) is 10.8. The first-order chi connectivity index (χ1) is 15.2. The molecule has 0 aliphatic carbocycles. The molecule has 3 N–H and O–H groups in total. The van der Waals surface area contributed by atoms with E-state index in [1.807, 2.05) is 93.6 Å². The van der Waals surface area contributed by atoms with E-state index in [1.54, 1.807) is 12.1 Å². The van der Waals surface area contributed by atoms with Gasteiger partial charge in [-0.2, -0.15) is 0 Å². The van der Waals surface area contributed by atoms with Crippen LogP contribution in [0.3, 0.4) is 0 Å². The Balaban J connectivity index is 1.71. The Bertz CT molecular complexity index is 1050. The number of benzene rings is 3. The van der Waals surface area contributed by atoms with E-state index in [-0.39, 0.29) is 16.9 Å². The first kappa shape index (κ1) is 23.2. The summed E-state index contributed by atoms with van der Waals surface area (Å²) in [4.78, 5) is 25.4. The van der Waals surface area contributed by atoms with Crippen molar-refractivity contribution in [2.45, 2.75) is 26.7 Å². The molecule has 0 saturated heterocycles. The summed E-state index contributed by atoms with van der Waals surface area (Å²) in [6, 6.07) is 26.4. The van der Waals surface area contributed by atoms with Crippen LogP contribution in [0.5, 0.6) is 0 Å². The first-order valence-electron chi connectivity index (χ1n) is 10.4. The molecular weight excluding hydrogens is 418 g/mol. The van der Waals surface area contributed by atoms with Gasteiger partial charge in [0.05, 0.1) is 5.92 Å². The van der Waals surface area contributed by atoms with Gasteiger partial charge in [0.25, 0.3) is 0 Å². The Labute approximate surface area is 194 Å². The van der Waals surface area contributed by atoms with Crippen molar-refractivity contribution in [2.24, 2.45) is 5.41 Å². The van der Waals surface area contributed by atoms with Gasteiger partial charge in [0.2, 0.25) is 11.8 Å². The summed E-state index contributed by atoms with van der Waals surface area (Å²) in [5.74, 6) is -0.800. The lowest BCUT2D eigenvalue weighted by atomic mass is 9.90. The Morgan fingerprint density at radius 3 is 1.75 bits per heavy atom. The highest BCUT2D eigenvalue weighted by Crippen LogP contribution is 2.25. The lowest BCUT2D eigenvalue weighted by Gasteiger charge is -2.19. The maximum Gasteiger partial charge on any atom is 0.238 e. The maximum atomic E-state index is 13.2. The van der Waals surface area contributed by atoms with Gasteiger partial charge < -0.3 is 16.0 Å². The number of anilines is 2. The minimum absolute atomic E-state index is 0.0842. The van der Waals surface area contributed by atoms with Crippen molar-refractivity contribution in [3.8, 4) is 0 Å². The fraction of sp³-hybridized carbons (Fsp3) is 0.192. The van der Waals surface area contributed by atoms with Crippen LogP contribution < -0.4 is 16.0 Å². The van der Waals surface area contributed by atoms with E-state index in [1.165, 1.54) is 0 Å². The molecule has 3 aromatic rings. The van der Waals surface area contributed by atoms with E-state index >= 15 is 0 Å². The molecule has 3 aromatic carbocycles. The van der Waals surface area contributed by atoms with Crippen LogP contribution in [-0.4, -0.2) is 16.9 Å². The molecule has 32 heavy (non-hydrogen) atoms. The smallest absolute Gasteiger partial charge is 0.238 e. The van der Waals surface area contributed by atoms with Gasteiger partial charge in [-0.1, -0.05) is 87.5 Å². The number of hydrogen-bond acceptors (Lipinski definition) is 3. The Hall–Kier alpha value is -3.51. The van der Waals surface area contributed by atoms with Gasteiger partial charge in [-0.05, 0) is 41.5 Å². The molecule has 0 saturated carbocycles. The quantitative estimate of drug-likeness (QED) is 0.465. The largest absolute Gasteiger partial charge is 0.332 e. The number of amides is 2. The van der Waals surface area contributed by atoms with Crippen LogP contribution in [0.25, 0.3) is 0 Å². The van der Waals surface area contributed by atoms with Crippen LogP contribution in [0.4, 0.5) is 11.4 Å². The Morgan fingerprint density at radius 1 is 0.750 bits per heavy atom. The van der Waals surface area contributed by atoms with Crippen molar-refractivity contribution in [3.63, 3.8) is 0 Å². The van der Waals surface area contributed by atoms with Crippen LogP contribution in [0.2, 0.25) is 0 Å². The minimum Gasteiger partial charge on any atom is -0.332 e. The third kappa shape index (κ3) is 6.25. The molecule has 6 heteroatoms. The molecule has 0 atom stereocenters. The maximum absolute atomic E-state index is 13.2. The molecule has 0 heterocycles. The third-order valence-corrected chi connectivity index (χ3v) is 5.03. The Morgan fingerprint density at radius 2 is 1.25 bits per heavy atom. The number of carbonyl (C=O) groups is 2. The van der Waals surface area contributed by atoms with E-state index in [9.17, 15) is 9.59 Å². The zero-order valence-corrected chi connectivity index (χ0v) is 19.2. The molecule has 2 amide bonds. The lowest BCUT2D eigenvalue weighted by molar-refractivity contribution is -0.123. The zero-order chi connectivity index (χ0) is 23.1. The van der Waals surface area contributed by atoms with Gasteiger partial charge in [0.15, 0.2) is 5.11 Å². The monoisotopic (exact) mass is 445 g/mol. The van der Waals surface area contributed by atoms with Crippen molar-refractivity contribution in [1.82, 2.24) is 5.32 Å². The molecule has 0 bridgehead atoms. The van der Waals surface area contributed by atoms with E-state index in [0.717, 1.165) is 11.1 Å². The second kappa shape index (κ2) is 10.2. The highest BCUT2D eigenvalue weighted by molar-refractivity contribution is 7.80. The average Bonchev–Trinajstić information content (AvgIpc) is 2.75. The summed E-state index contributed by atoms with van der Waals surface area (Å²) in [6.45, 7) is 5.56. The van der Waals surface area contributed by atoms with E-state index < -0.39 is 11.3 Å². The summed E-state index contributed by atoms with van der Waals surface area (Å²) < 4.78 is 0. The van der Waals surface area contributed by atoms with Gasteiger partial charge in [-0.15, -0.1) is 0 Å². The zero-order valence-electron chi connectivity index (χ0n) is 18.4. The van der Waals surface area contributed by atoms with Crippen molar-refractivity contribution < 1.29 is 9.59 Å². The number of rotatable bonds is 5. The van der Waals surface area contributed by atoms with Gasteiger partial charge in [-0.25, -0.2) is 0 Å². The second-order valence-corrected chi connectivity index (χ2v) is 8.89. The predicted octanol–water partition coefficient (Wildman–Crippen LogP) is 5.32. The van der Waals surface area contributed by atoms with E-state index in [4.69, 9.17) is 12.2 Å². The van der Waals surface area contributed by atoms with Crippen LogP contribution in [0.15, 0.2) is 84.9 Å². The molecule has 164 valence electrons. The van der Waals surface area contributed by atoms with Crippen molar-refractivity contribution >= 4 is 40.5 Å². The van der Waals surface area contributed by atoms with E-state index in [2.05, 4.69) is 16.0 Å². The van der Waals surface area contributed by atoms with Crippen LogP contribution in [0.1, 0.15) is 37.8 Å². The van der Waals surface area contributed by atoms with Crippen LogP contribution in [-0.2, 0) is 9.59 Å². The SMILES string of the molecule is CC(C)(C)C(=O)Nc1cccc(NC(=S)NC(=O)C(c2ccccc2)c2ccccc2)c1. The molecule has 0 spiro atoms. The molecule has 0 radical (unpaired) electrons. The molecular formula is C26H27N3O2S. The number of hydrogen-bond donors (Lipinski definition) is 3. The number of carbonyl (C=O) groups excluding carboxylic acids is 2. The summed E-state index contributed by atoms with van der Waals surface area (Å²) >= 11 is 5.39. The van der Waals surface area contributed by atoms with Gasteiger partial charge >= 0.3 is 0 Å². The molecule has 0 fully saturated rings. The summed E-state index contributed by atoms with van der Waals surface area (Å²) in [5.41, 5.74) is 2.57. The average molecular weight is 446 g/mol. The molecule has 0 aromatic heterocycles. The molecule has 0 unspecified atom stereocenters. The highest BCUT2D eigenvalue weighted by atomic mass is 32.1. The molecule has 0 aliphatic rings. The fourth-order valence-electron chi connectivity index (χ4n) is 3.13. The Kier molecular flexibility index (Phi) is 7.38. The van der Waals surface area contributed by atoms with Crippen LogP contribution in [0, 0.1) is 5.41 Å². The van der Waals surface area contributed by atoms with Crippen LogP contribution >= 0.6 is 12.2 Å². The van der Waals surface area contributed by atoms with E-state index in [0.29, 0.717) is 11.4 Å². The van der Waals surface area contributed by atoms with Gasteiger partial charge in [0.1, 0.15) is 0 Å². The topological polar surface area (TPSA) is 70.2 Å². The second-order valence-electron chi connectivity index (χ2n) is 8.48. The van der Waals surface area contributed by atoms with Crippen molar-refractivity contribution in [1.29, 1.82) is 0 Å². The number of nitrogens with one attached hydrogen (secondary N) is 3. The number of thiocarbonyl (C=S) groups is 1.